The minimum absolute atomic E-state index is 0.0174. The molecule has 1 aliphatic heterocycles. The zero-order valence-corrected chi connectivity index (χ0v) is 16.8. The molecule has 0 spiro atoms. The largest absolute Gasteiger partial charge is 0.376 e. The van der Waals surface area contributed by atoms with Crippen molar-refractivity contribution in [3.63, 3.8) is 0 Å². The van der Waals surface area contributed by atoms with Gasteiger partial charge in [-0.15, -0.1) is 0 Å². The molecule has 0 atom stereocenters. The fourth-order valence-electron chi connectivity index (χ4n) is 3.22. The maximum absolute atomic E-state index is 12.2. The van der Waals surface area contributed by atoms with Gasteiger partial charge in [0, 0.05) is 19.5 Å². The molecule has 156 valence electrons. The van der Waals surface area contributed by atoms with Gasteiger partial charge in [-0.3, -0.25) is 4.79 Å². The zero-order valence-electron chi connectivity index (χ0n) is 16.8. The third kappa shape index (κ3) is 5.52. The summed E-state index contributed by atoms with van der Waals surface area (Å²) in [5.41, 5.74) is 2.19. The van der Waals surface area contributed by atoms with Crippen molar-refractivity contribution in [2.24, 2.45) is 0 Å². The number of carbonyl (C=O) groups excluding carboxylic acids is 1. The van der Waals surface area contributed by atoms with Crippen molar-refractivity contribution in [2.45, 2.75) is 25.6 Å². The Kier molecular flexibility index (Phi) is 6.84. The van der Waals surface area contributed by atoms with E-state index < -0.39 is 0 Å². The van der Waals surface area contributed by atoms with Crippen molar-refractivity contribution in [1.29, 1.82) is 0 Å². The number of carbonyl (C=O) groups is 1. The van der Waals surface area contributed by atoms with E-state index in [2.05, 4.69) is 10.1 Å². The van der Waals surface area contributed by atoms with Crippen LogP contribution in [0.25, 0.3) is 0 Å². The van der Waals surface area contributed by atoms with Crippen LogP contribution < -0.4 is 0 Å². The molecule has 0 unspecified atom stereocenters. The van der Waals surface area contributed by atoms with Crippen molar-refractivity contribution < 1.29 is 18.8 Å². The maximum Gasteiger partial charge on any atom is 0.248 e. The Labute approximate surface area is 175 Å². The first-order chi connectivity index (χ1) is 14.8. The number of likely N-dealkylation sites (tertiary alicyclic amines) is 1. The summed E-state index contributed by atoms with van der Waals surface area (Å²) in [6.07, 6.45) is 0.596. The van der Waals surface area contributed by atoms with Gasteiger partial charge in [-0.2, -0.15) is 4.98 Å². The molecule has 0 bridgehead atoms. The number of rotatable bonds is 10. The third-order valence-corrected chi connectivity index (χ3v) is 4.99. The average molecular weight is 407 g/mol. The minimum Gasteiger partial charge on any atom is -0.376 e. The molecule has 1 aliphatic rings. The number of benzene rings is 2. The van der Waals surface area contributed by atoms with E-state index >= 15 is 0 Å². The summed E-state index contributed by atoms with van der Waals surface area (Å²) in [5, 5.41) is 4.02. The summed E-state index contributed by atoms with van der Waals surface area (Å²) in [6.45, 7) is 2.78. The smallest absolute Gasteiger partial charge is 0.248 e. The van der Waals surface area contributed by atoms with E-state index in [-0.39, 0.29) is 18.4 Å². The highest BCUT2D eigenvalue weighted by atomic mass is 16.5. The molecule has 1 fully saturated rings. The number of hydrogen-bond donors (Lipinski definition) is 0. The van der Waals surface area contributed by atoms with Gasteiger partial charge in [-0.25, -0.2) is 0 Å². The maximum atomic E-state index is 12.2. The van der Waals surface area contributed by atoms with Gasteiger partial charge in [0.1, 0.15) is 6.61 Å². The summed E-state index contributed by atoms with van der Waals surface area (Å²) in [7, 11) is 0. The molecule has 1 saturated heterocycles. The van der Waals surface area contributed by atoms with E-state index in [0.29, 0.717) is 51.0 Å². The van der Waals surface area contributed by atoms with Crippen LogP contribution in [0.4, 0.5) is 0 Å². The second kappa shape index (κ2) is 10.1. The first-order valence-corrected chi connectivity index (χ1v) is 10.1. The van der Waals surface area contributed by atoms with Crippen LogP contribution in [0.5, 0.6) is 0 Å². The Morgan fingerprint density at radius 1 is 0.967 bits per heavy atom. The van der Waals surface area contributed by atoms with Crippen LogP contribution in [0.15, 0.2) is 65.2 Å². The molecule has 7 nitrogen and oxygen atoms in total. The lowest BCUT2D eigenvalue weighted by molar-refractivity contribution is -0.141. The lowest BCUT2D eigenvalue weighted by atomic mass is 10.0. The summed E-state index contributed by atoms with van der Waals surface area (Å²) in [5.74, 6) is 1.29. The predicted octanol–water partition coefficient (Wildman–Crippen LogP) is 2.97. The number of nitrogens with zero attached hydrogens (tertiary/aromatic N) is 3. The van der Waals surface area contributed by atoms with Crippen LogP contribution in [0.3, 0.4) is 0 Å². The molecule has 7 heteroatoms. The molecular formula is C23H25N3O4. The highest BCUT2D eigenvalue weighted by Crippen LogP contribution is 2.25. The molecule has 0 aliphatic carbocycles. The van der Waals surface area contributed by atoms with Crippen molar-refractivity contribution in [3.8, 4) is 0 Å². The topological polar surface area (TPSA) is 77.7 Å². The number of ether oxygens (including phenoxy) is 2. The van der Waals surface area contributed by atoms with Gasteiger partial charge in [0.15, 0.2) is 5.82 Å². The molecule has 0 saturated carbocycles. The van der Waals surface area contributed by atoms with Crippen molar-refractivity contribution in [3.05, 3.63) is 83.5 Å². The van der Waals surface area contributed by atoms with Gasteiger partial charge in [-0.1, -0.05) is 65.8 Å². The summed E-state index contributed by atoms with van der Waals surface area (Å²) >= 11 is 0. The summed E-state index contributed by atoms with van der Waals surface area (Å²) in [6, 6.07) is 19.8. The molecule has 2 heterocycles. The monoisotopic (exact) mass is 407 g/mol. The van der Waals surface area contributed by atoms with Crippen LogP contribution in [0.2, 0.25) is 0 Å². The second-order valence-electron chi connectivity index (χ2n) is 7.31. The van der Waals surface area contributed by atoms with E-state index in [9.17, 15) is 4.79 Å². The second-order valence-corrected chi connectivity index (χ2v) is 7.31. The van der Waals surface area contributed by atoms with E-state index in [0.717, 1.165) is 11.1 Å². The van der Waals surface area contributed by atoms with Crippen molar-refractivity contribution in [2.75, 3.05) is 26.3 Å². The fourth-order valence-corrected chi connectivity index (χ4v) is 3.22. The van der Waals surface area contributed by atoms with Gasteiger partial charge in [-0.05, 0) is 11.1 Å². The number of amides is 1. The van der Waals surface area contributed by atoms with E-state index in [1.807, 2.05) is 60.7 Å². The number of hydrogen-bond acceptors (Lipinski definition) is 6. The normalized spacial score (nSPS) is 13.9. The van der Waals surface area contributed by atoms with Crippen molar-refractivity contribution in [1.82, 2.24) is 15.0 Å². The molecule has 3 aromatic rings. The average Bonchev–Trinajstić information content (AvgIpc) is 3.20. The molecule has 2 aromatic carbocycles. The van der Waals surface area contributed by atoms with Crippen LogP contribution in [-0.4, -0.2) is 47.3 Å². The molecule has 4 rings (SSSR count). The van der Waals surface area contributed by atoms with Crippen LogP contribution >= 0.6 is 0 Å². The summed E-state index contributed by atoms with van der Waals surface area (Å²) < 4.78 is 16.5. The lowest BCUT2D eigenvalue weighted by Gasteiger charge is -2.36. The highest BCUT2D eigenvalue weighted by Gasteiger charge is 2.35. The van der Waals surface area contributed by atoms with Crippen LogP contribution in [0, 0.1) is 0 Å². The number of aromatic nitrogens is 2. The molecular weight excluding hydrogens is 382 g/mol. The fraction of sp³-hybridized carbons (Fsp3) is 0.348. The first kappa shape index (κ1) is 20.3. The molecule has 0 N–H and O–H groups in total. The van der Waals surface area contributed by atoms with E-state index in [1.165, 1.54) is 0 Å². The van der Waals surface area contributed by atoms with Gasteiger partial charge in [0.25, 0.3) is 0 Å². The first-order valence-electron chi connectivity index (χ1n) is 10.1. The van der Waals surface area contributed by atoms with E-state index in [4.69, 9.17) is 14.0 Å². The molecule has 1 aromatic heterocycles. The van der Waals surface area contributed by atoms with Gasteiger partial charge >= 0.3 is 0 Å². The Bertz CT molecular complexity index is 924. The molecule has 0 radical (unpaired) electrons. The minimum atomic E-state index is -0.0174. The van der Waals surface area contributed by atoms with Gasteiger partial charge < -0.3 is 18.9 Å². The van der Waals surface area contributed by atoms with E-state index in [1.54, 1.807) is 4.90 Å². The SMILES string of the molecule is O=C(COCc1ccccc1)N1CC(c2nc(CCOCc3ccccc3)no2)C1. The predicted molar refractivity (Wildman–Crippen MR) is 110 cm³/mol. The van der Waals surface area contributed by atoms with Gasteiger partial charge in [0.05, 0.1) is 25.7 Å². The van der Waals surface area contributed by atoms with Crippen LogP contribution in [0.1, 0.15) is 28.8 Å². The Morgan fingerprint density at radius 3 is 2.27 bits per heavy atom. The standard InChI is InChI=1S/C23H25N3O4/c27-22(17-29-16-19-9-5-2-6-10-19)26-13-20(14-26)23-24-21(25-30-23)11-12-28-15-18-7-3-1-4-8-18/h1-10,20H,11-17H2. The molecule has 30 heavy (non-hydrogen) atoms. The summed E-state index contributed by atoms with van der Waals surface area (Å²) in [4.78, 5) is 18.4. The Hall–Kier alpha value is -3.03. The molecule has 1 amide bonds. The Balaban J connectivity index is 1.13. The van der Waals surface area contributed by atoms with Gasteiger partial charge in [0.2, 0.25) is 11.8 Å². The third-order valence-electron chi connectivity index (χ3n) is 4.99. The lowest BCUT2D eigenvalue weighted by Crippen LogP contribution is -2.49. The Morgan fingerprint density at radius 2 is 1.60 bits per heavy atom. The highest BCUT2D eigenvalue weighted by molar-refractivity contribution is 5.78. The van der Waals surface area contributed by atoms with Crippen molar-refractivity contribution >= 4 is 5.91 Å². The quantitative estimate of drug-likeness (QED) is 0.481. The van der Waals surface area contributed by atoms with Crippen LogP contribution in [-0.2, 0) is 33.9 Å². The zero-order chi connectivity index (χ0) is 20.6.